The van der Waals surface area contributed by atoms with Gasteiger partial charge in [-0.3, -0.25) is 14.2 Å². The van der Waals surface area contributed by atoms with Crippen molar-refractivity contribution in [3.8, 4) is 11.8 Å². The molecule has 3 aromatic rings. The van der Waals surface area contributed by atoms with Gasteiger partial charge in [0.2, 0.25) is 0 Å². The van der Waals surface area contributed by atoms with E-state index in [1.54, 1.807) is 9.47 Å². The quantitative estimate of drug-likeness (QED) is 0.583. The van der Waals surface area contributed by atoms with E-state index >= 15 is 0 Å². The summed E-state index contributed by atoms with van der Waals surface area (Å²) in [5.41, 5.74) is 4.36. The average Bonchev–Trinajstić information content (AvgIpc) is 3.16. The zero-order chi connectivity index (χ0) is 24.2. The Bertz CT molecular complexity index is 1420. The number of thiazole rings is 1. The number of nitrogens with zero attached hydrogens (tertiary/aromatic N) is 3. The highest BCUT2D eigenvalue weighted by Gasteiger charge is 2.24. The van der Waals surface area contributed by atoms with Crippen LogP contribution in [0.4, 0.5) is 0 Å². The fourth-order valence-electron chi connectivity index (χ4n) is 4.12. The van der Waals surface area contributed by atoms with Crippen LogP contribution < -0.4 is 14.8 Å². The first-order valence-electron chi connectivity index (χ1n) is 11.3. The first kappa shape index (κ1) is 23.7. The lowest BCUT2D eigenvalue weighted by atomic mass is 10.1. The van der Waals surface area contributed by atoms with Crippen molar-refractivity contribution < 1.29 is 9.53 Å². The fourth-order valence-corrected chi connectivity index (χ4v) is 5.21. The predicted octanol–water partition coefficient (Wildman–Crippen LogP) is 2.44. The molecule has 0 atom stereocenters. The third kappa shape index (κ3) is 4.60. The average molecular weight is 474 g/mol. The summed E-state index contributed by atoms with van der Waals surface area (Å²) in [6.45, 7) is 7.67. The fraction of sp³-hybridized carbons (Fsp3) is 0.296. The van der Waals surface area contributed by atoms with Crippen LogP contribution in [0.3, 0.4) is 0 Å². The maximum Gasteiger partial charge on any atom is 0.273 e. The standard InChI is InChI=1S/C27H27N3O3S/c1-4-20-8-10-21(11-9-20)16-23-26(32)30(24-18(2)6-5-7-19(24)3)27(34-23)22(17-28)25(31)29-12-14-33-15-13-29/h5-11,16H,4,12-15H2,1-3H3/b23-16-,27-22-. The number of carbonyl (C=O) groups excluding carboxylic acids is 1. The minimum Gasteiger partial charge on any atom is -0.378 e. The van der Waals surface area contributed by atoms with Gasteiger partial charge in [0.25, 0.3) is 11.5 Å². The van der Waals surface area contributed by atoms with Crippen molar-refractivity contribution in [2.24, 2.45) is 0 Å². The largest absolute Gasteiger partial charge is 0.378 e. The molecule has 0 saturated carbocycles. The van der Waals surface area contributed by atoms with Crippen molar-refractivity contribution in [1.82, 2.24) is 9.47 Å². The molecule has 0 bridgehead atoms. The van der Waals surface area contributed by atoms with Crippen LogP contribution in [0.15, 0.2) is 47.3 Å². The lowest BCUT2D eigenvalue weighted by Crippen LogP contribution is -2.42. The summed E-state index contributed by atoms with van der Waals surface area (Å²) in [5, 5.41) is 10.1. The van der Waals surface area contributed by atoms with Crippen molar-refractivity contribution in [3.05, 3.63) is 84.3 Å². The maximum atomic E-state index is 13.7. The molecule has 6 nitrogen and oxygen atoms in total. The third-order valence-corrected chi connectivity index (χ3v) is 7.10. The highest BCUT2D eigenvalue weighted by Crippen LogP contribution is 2.16. The summed E-state index contributed by atoms with van der Waals surface area (Å²) >= 11 is 1.18. The molecule has 0 radical (unpaired) electrons. The molecule has 1 aromatic heterocycles. The first-order chi connectivity index (χ1) is 16.4. The van der Waals surface area contributed by atoms with Crippen LogP contribution in [0, 0.1) is 25.2 Å². The number of aryl methyl sites for hydroxylation is 3. The van der Waals surface area contributed by atoms with E-state index in [1.165, 1.54) is 16.9 Å². The van der Waals surface area contributed by atoms with Crippen LogP contribution in [0.25, 0.3) is 17.3 Å². The number of carbonyl (C=O) groups is 1. The van der Waals surface area contributed by atoms with E-state index in [-0.39, 0.29) is 17.0 Å². The number of ether oxygens (including phenoxy) is 1. The van der Waals surface area contributed by atoms with E-state index in [2.05, 4.69) is 13.0 Å². The molecule has 1 amide bonds. The Morgan fingerprint density at radius 2 is 1.76 bits per heavy atom. The number of benzene rings is 2. The Kier molecular flexibility index (Phi) is 7.11. The zero-order valence-electron chi connectivity index (χ0n) is 19.6. The second kappa shape index (κ2) is 10.2. The highest BCUT2D eigenvalue weighted by molar-refractivity contribution is 7.07. The molecular weight excluding hydrogens is 446 g/mol. The van der Waals surface area contributed by atoms with Crippen molar-refractivity contribution in [3.63, 3.8) is 0 Å². The highest BCUT2D eigenvalue weighted by atomic mass is 32.1. The van der Waals surface area contributed by atoms with Gasteiger partial charge in [0.05, 0.1) is 23.4 Å². The molecular formula is C27H27N3O3S. The second-order valence-electron chi connectivity index (χ2n) is 8.28. The SMILES string of the molecule is CCc1ccc(/C=c2\s/c(=C(/C#N)C(=O)N3CCOCC3)n(-c3c(C)cccc3C)c2=O)cc1. The number of aromatic nitrogens is 1. The molecule has 0 spiro atoms. The topological polar surface area (TPSA) is 75.3 Å². The number of morpholine rings is 1. The summed E-state index contributed by atoms with van der Waals surface area (Å²) in [6.07, 6.45) is 2.77. The van der Waals surface area contributed by atoms with E-state index in [0.29, 0.717) is 41.2 Å². The summed E-state index contributed by atoms with van der Waals surface area (Å²) in [5.74, 6) is -0.370. The number of amides is 1. The van der Waals surface area contributed by atoms with Crippen LogP contribution >= 0.6 is 11.3 Å². The number of para-hydroxylation sites is 1. The Morgan fingerprint density at radius 3 is 2.35 bits per heavy atom. The maximum absolute atomic E-state index is 13.7. The molecule has 1 aliphatic heterocycles. The minimum absolute atomic E-state index is 0.0207. The number of hydrogen-bond acceptors (Lipinski definition) is 5. The van der Waals surface area contributed by atoms with Gasteiger partial charge in [0, 0.05) is 13.1 Å². The Balaban J connectivity index is 2.02. The van der Waals surface area contributed by atoms with Crippen LogP contribution in [0.1, 0.15) is 29.2 Å². The molecule has 0 unspecified atom stereocenters. The van der Waals surface area contributed by atoms with Gasteiger partial charge in [0.1, 0.15) is 10.7 Å². The molecule has 2 heterocycles. The summed E-state index contributed by atoms with van der Waals surface area (Å²) < 4.78 is 7.73. The molecule has 34 heavy (non-hydrogen) atoms. The summed E-state index contributed by atoms with van der Waals surface area (Å²) in [4.78, 5) is 28.7. The molecule has 0 aliphatic carbocycles. The van der Waals surface area contributed by atoms with Crippen molar-refractivity contribution in [2.45, 2.75) is 27.2 Å². The normalized spacial score (nSPS) is 15.2. The van der Waals surface area contributed by atoms with Gasteiger partial charge in [-0.2, -0.15) is 5.26 Å². The summed E-state index contributed by atoms with van der Waals surface area (Å²) in [7, 11) is 0. The smallest absolute Gasteiger partial charge is 0.273 e. The lowest BCUT2D eigenvalue weighted by molar-refractivity contribution is -0.128. The van der Waals surface area contributed by atoms with Gasteiger partial charge in [0.15, 0.2) is 5.57 Å². The number of hydrogen-bond donors (Lipinski definition) is 0. The van der Waals surface area contributed by atoms with Gasteiger partial charge in [-0.15, -0.1) is 11.3 Å². The zero-order valence-corrected chi connectivity index (χ0v) is 20.4. The minimum atomic E-state index is -0.370. The Hall–Kier alpha value is -3.47. The van der Waals surface area contributed by atoms with E-state index in [0.717, 1.165) is 23.1 Å². The van der Waals surface area contributed by atoms with Crippen LogP contribution in [0.5, 0.6) is 0 Å². The number of nitriles is 1. The third-order valence-electron chi connectivity index (χ3n) is 6.01. The molecule has 1 aliphatic rings. The Morgan fingerprint density at radius 1 is 1.12 bits per heavy atom. The second-order valence-corrected chi connectivity index (χ2v) is 9.31. The van der Waals surface area contributed by atoms with Crippen LogP contribution in [-0.2, 0) is 16.0 Å². The molecule has 1 fully saturated rings. The van der Waals surface area contributed by atoms with Gasteiger partial charge in [-0.1, -0.05) is 49.4 Å². The Labute approximate surface area is 202 Å². The summed E-state index contributed by atoms with van der Waals surface area (Å²) in [6, 6.07) is 15.9. The predicted molar refractivity (Wildman–Crippen MR) is 134 cm³/mol. The molecule has 0 N–H and O–H groups in total. The van der Waals surface area contributed by atoms with Gasteiger partial charge >= 0.3 is 0 Å². The van der Waals surface area contributed by atoms with E-state index in [4.69, 9.17) is 4.74 Å². The van der Waals surface area contributed by atoms with Gasteiger partial charge in [-0.25, -0.2) is 0 Å². The van der Waals surface area contributed by atoms with Crippen molar-refractivity contribution >= 4 is 28.9 Å². The van der Waals surface area contributed by atoms with Crippen LogP contribution in [0.2, 0.25) is 0 Å². The van der Waals surface area contributed by atoms with E-state index in [9.17, 15) is 14.9 Å². The van der Waals surface area contributed by atoms with E-state index in [1.807, 2.05) is 62.4 Å². The van der Waals surface area contributed by atoms with Gasteiger partial charge < -0.3 is 9.64 Å². The van der Waals surface area contributed by atoms with Crippen LogP contribution in [-0.4, -0.2) is 41.7 Å². The first-order valence-corrected chi connectivity index (χ1v) is 12.2. The number of rotatable bonds is 4. The molecule has 1 saturated heterocycles. The molecule has 7 heteroatoms. The monoisotopic (exact) mass is 473 g/mol. The van der Waals surface area contributed by atoms with E-state index < -0.39 is 0 Å². The molecule has 2 aromatic carbocycles. The van der Waals surface area contributed by atoms with Gasteiger partial charge in [-0.05, 0) is 48.6 Å². The lowest BCUT2D eigenvalue weighted by Gasteiger charge is -2.26. The van der Waals surface area contributed by atoms with Crippen molar-refractivity contribution in [2.75, 3.05) is 26.3 Å². The van der Waals surface area contributed by atoms with Crippen molar-refractivity contribution in [1.29, 1.82) is 5.26 Å². The molecule has 174 valence electrons. The molecule has 4 rings (SSSR count).